The molecule has 1 rings (SSSR count). The lowest BCUT2D eigenvalue weighted by Crippen LogP contribution is -2.11. The molecule has 0 amide bonds. The minimum atomic E-state index is 0.187. The van der Waals surface area contributed by atoms with E-state index in [4.69, 9.17) is 11.6 Å². The van der Waals surface area contributed by atoms with Gasteiger partial charge in [-0.15, -0.1) is 0 Å². The molecule has 0 unspecified atom stereocenters. The smallest absolute Gasteiger partial charge is 0.121 e. The minimum Gasteiger partial charge on any atom is -0.508 e. The van der Waals surface area contributed by atoms with Crippen molar-refractivity contribution in [2.45, 2.75) is 0 Å². The van der Waals surface area contributed by atoms with E-state index in [-0.39, 0.29) is 5.76 Å². The molecule has 0 saturated heterocycles. The van der Waals surface area contributed by atoms with Gasteiger partial charge in [-0.05, 0) is 58.8 Å². The van der Waals surface area contributed by atoms with Crippen molar-refractivity contribution in [1.29, 1.82) is 0 Å². The zero-order chi connectivity index (χ0) is 12.8. The van der Waals surface area contributed by atoms with Gasteiger partial charge in [-0.3, -0.25) is 0 Å². The number of thiol groups is 1. The lowest BCUT2D eigenvalue weighted by Gasteiger charge is -2.05. The van der Waals surface area contributed by atoms with Crippen molar-refractivity contribution >= 4 is 52.9 Å². The zero-order valence-corrected chi connectivity index (χ0v) is 13.1. The Morgan fingerprint density at radius 3 is 2.82 bits per heavy atom. The summed E-state index contributed by atoms with van der Waals surface area (Å²) in [5.74, 6) is 0.187. The van der Waals surface area contributed by atoms with Crippen LogP contribution in [0.1, 0.15) is 5.56 Å². The predicted octanol–water partition coefficient (Wildman–Crippen LogP) is 3.88. The summed E-state index contributed by atoms with van der Waals surface area (Å²) in [6, 6.07) is 5.62. The van der Waals surface area contributed by atoms with Crippen molar-refractivity contribution in [2.24, 2.45) is 0 Å². The van der Waals surface area contributed by atoms with Crippen LogP contribution in [0.15, 0.2) is 34.9 Å². The number of likely N-dealkylation sites (N-methyl/N-ethyl adjacent to an activating group) is 1. The van der Waals surface area contributed by atoms with Gasteiger partial charge in [0.2, 0.25) is 0 Å². The molecule has 0 aliphatic carbocycles. The standard InChI is InChI=1S/C12H13ClINOS/c1-15-6-9(7-17)12(16)5-8-2-3-11(14)10(13)4-8/h2-5,7,15-17H,6H2,1H3/b9-7-,12-5-. The Kier molecular flexibility index (Phi) is 6.40. The molecule has 0 radical (unpaired) electrons. The minimum absolute atomic E-state index is 0.187. The van der Waals surface area contributed by atoms with Crippen LogP contribution in [-0.2, 0) is 0 Å². The van der Waals surface area contributed by atoms with Crippen molar-refractivity contribution in [3.63, 3.8) is 0 Å². The highest BCUT2D eigenvalue weighted by Crippen LogP contribution is 2.21. The monoisotopic (exact) mass is 381 g/mol. The molecule has 92 valence electrons. The summed E-state index contributed by atoms with van der Waals surface area (Å²) in [6.45, 7) is 0.559. The Morgan fingerprint density at radius 2 is 2.29 bits per heavy atom. The molecule has 0 aliphatic heterocycles. The first-order chi connectivity index (χ1) is 8.08. The van der Waals surface area contributed by atoms with Crippen LogP contribution < -0.4 is 5.32 Å². The van der Waals surface area contributed by atoms with Crippen LogP contribution in [0.25, 0.3) is 6.08 Å². The molecule has 0 bridgehead atoms. The number of hydrogen-bond acceptors (Lipinski definition) is 3. The SMILES string of the molecule is CNCC(=C/S)/C(O)=C/c1ccc(I)c(Cl)c1. The Bertz CT molecular complexity index is 460. The van der Waals surface area contributed by atoms with Crippen molar-refractivity contribution in [3.8, 4) is 0 Å². The molecule has 0 spiro atoms. The molecule has 0 aromatic heterocycles. The van der Waals surface area contributed by atoms with Gasteiger partial charge >= 0.3 is 0 Å². The molecule has 17 heavy (non-hydrogen) atoms. The van der Waals surface area contributed by atoms with Crippen LogP contribution in [0.5, 0.6) is 0 Å². The highest BCUT2D eigenvalue weighted by atomic mass is 127. The van der Waals surface area contributed by atoms with Gasteiger partial charge in [0.15, 0.2) is 0 Å². The summed E-state index contributed by atoms with van der Waals surface area (Å²) in [5.41, 5.74) is 1.59. The maximum Gasteiger partial charge on any atom is 0.121 e. The summed E-state index contributed by atoms with van der Waals surface area (Å²) in [5, 5.41) is 15.1. The van der Waals surface area contributed by atoms with E-state index in [1.807, 2.05) is 25.2 Å². The molecule has 0 atom stereocenters. The third-order valence-electron chi connectivity index (χ3n) is 2.10. The molecule has 0 aliphatic rings. The first kappa shape index (κ1) is 14.9. The molecular weight excluding hydrogens is 369 g/mol. The third-order valence-corrected chi connectivity index (χ3v) is 3.98. The second kappa shape index (κ2) is 7.31. The lowest BCUT2D eigenvalue weighted by atomic mass is 10.1. The van der Waals surface area contributed by atoms with Gasteiger partial charge in [-0.2, -0.15) is 12.6 Å². The molecule has 0 saturated carbocycles. The number of aliphatic hydroxyl groups is 1. The second-order valence-corrected chi connectivity index (χ2v) is 5.22. The van der Waals surface area contributed by atoms with Gasteiger partial charge in [0.05, 0.1) is 5.02 Å². The van der Waals surface area contributed by atoms with Crippen molar-refractivity contribution in [3.05, 3.63) is 49.1 Å². The highest BCUT2D eigenvalue weighted by molar-refractivity contribution is 14.1. The Labute approximate surface area is 125 Å². The van der Waals surface area contributed by atoms with E-state index in [0.29, 0.717) is 11.6 Å². The maximum atomic E-state index is 9.91. The number of halogens is 2. The molecule has 2 nitrogen and oxygen atoms in total. The van der Waals surface area contributed by atoms with E-state index in [0.717, 1.165) is 14.7 Å². The number of hydrogen-bond donors (Lipinski definition) is 3. The van der Waals surface area contributed by atoms with Crippen LogP contribution in [0, 0.1) is 3.57 Å². The highest BCUT2D eigenvalue weighted by Gasteiger charge is 2.03. The van der Waals surface area contributed by atoms with Gasteiger partial charge in [0.25, 0.3) is 0 Å². The van der Waals surface area contributed by atoms with Gasteiger partial charge < -0.3 is 10.4 Å². The van der Waals surface area contributed by atoms with Crippen LogP contribution in [0.4, 0.5) is 0 Å². The van der Waals surface area contributed by atoms with E-state index >= 15 is 0 Å². The number of aliphatic hydroxyl groups excluding tert-OH is 1. The van der Waals surface area contributed by atoms with Crippen LogP contribution in [0.3, 0.4) is 0 Å². The predicted molar refractivity (Wildman–Crippen MR) is 85.8 cm³/mol. The Balaban J connectivity index is 2.97. The summed E-state index contributed by atoms with van der Waals surface area (Å²) in [6.07, 6.45) is 1.67. The number of rotatable bonds is 4. The average Bonchev–Trinajstić information content (AvgIpc) is 2.30. The molecule has 0 heterocycles. The Morgan fingerprint density at radius 1 is 1.59 bits per heavy atom. The van der Waals surface area contributed by atoms with E-state index in [1.165, 1.54) is 0 Å². The van der Waals surface area contributed by atoms with Crippen molar-refractivity contribution < 1.29 is 5.11 Å². The molecule has 2 N–H and O–H groups in total. The molecular formula is C12H13ClINOS. The van der Waals surface area contributed by atoms with E-state index in [2.05, 4.69) is 40.5 Å². The fourth-order valence-corrected chi connectivity index (χ4v) is 1.99. The average molecular weight is 382 g/mol. The topological polar surface area (TPSA) is 32.3 Å². The van der Waals surface area contributed by atoms with Crippen LogP contribution in [-0.4, -0.2) is 18.7 Å². The summed E-state index contributed by atoms with van der Waals surface area (Å²) < 4.78 is 0.987. The van der Waals surface area contributed by atoms with Gasteiger partial charge in [0.1, 0.15) is 5.76 Å². The summed E-state index contributed by atoms with van der Waals surface area (Å²) >= 11 is 12.2. The van der Waals surface area contributed by atoms with Crippen molar-refractivity contribution in [2.75, 3.05) is 13.6 Å². The quantitative estimate of drug-likeness (QED) is 0.320. The number of nitrogens with one attached hydrogen (secondary N) is 1. The normalized spacial score (nSPS) is 12.9. The molecule has 0 fully saturated rings. The van der Waals surface area contributed by atoms with Crippen LogP contribution in [0.2, 0.25) is 5.02 Å². The van der Waals surface area contributed by atoms with Gasteiger partial charge in [0, 0.05) is 15.7 Å². The van der Waals surface area contributed by atoms with E-state index in [9.17, 15) is 5.11 Å². The molecule has 1 aromatic carbocycles. The third kappa shape index (κ3) is 4.54. The Hall–Kier alpha value is -0.170. The lowest BCUT2D eigenvalue weighted by molar-refractivity contribution is 0.425. The first-order valence-corrected chi connectivity index (χ1v) is 6.89. The summed E-state index contributed by atoms with van der Waals surface area (Å²) in [7, 11) is 1.81. The summed E-state index contributed by atoms with van der Waals surface area (Å²) in [4.78, 5) is 0. The molecule has 5 heteroatoms. The number of benzene rings is 1. The fourth-order valence-electron chi connectivity index (χ4n) is 1.25. The van der Waals surface area contributed by atoms with Gasteiger partial charge in [-0.25, -0.2) is 0 Å². The van der Waals surface area contributed by atoms with Crippen LogP contribution >= 0.6 is 46.8 Å². The van der Waals surface area contributed by atoms with Crippen molar-refractivity contribution in [1.82, 2.24) is 5.32 Å². The fraction of sp³-hybridized carbons (Fsp3) is 0.167. The first-order valence-electron chi connectivity index (χ1n) is 4.92. The van der Waals surface area contributed by atoms with E-state index in [1.54, 1.807) is 11.5 Å². The largest absolute Gasteiger partial charge is 0.508 e. The van der Waals surface area contributed by atoms with E-state index < -0.39 is 0 Å². The second-order valence-electron chi connectivity index (χ2n) is 3.39. The zero-order valence-electron chi connectivity index (χ0n) is 9.24. The van der Waals surface area contributed by atoms with Gasteiger partial charge in [-0.1, -0.05) is 17.7 Å². The maximum absolute atomic E-state index is 9.91. The molecule has 1 aromatic rings.